The fourth-order valence-electron chi connectivity index (χ4n) is 3.72. The van der Waals surface area contributed by atoms with Crippen molar-refractivity contribution in [1.82, 2.24) is 10.3 Å². The van der Waals surface area contributed by atoms with E-state index in [1.54, 1.807) is 6.07 Å². The summed E-state index contributed by atoms with van der Waals surface area (Å²) < 4.78 is 0. The predicted octanol–water partition coefficient (Wildman–Crippen LogP) is 1.99. The Morgan fingerprint density at radius 3 is 2.88 bits per heavy atom. The molecule has 1 fully saturated rings. The molecule has 136 valence electrons. The molecule has 2 heterocycles. The number of rotatable bonds is 4. The number of piperidine rings is 1. The second-order valence-corrected chi connectivity index (χ2v) is 6.86. The van der Waals surface area contributed by atoms with E-state index < -0.39 is 5.91 Å². The molecule has 3 rings (SSSR count). The second-order valence-electron chi connectivity index (χ2n) is 6.86. The van der Waals surface area contributed by atoms with E-state index in [9.17, 15) is 9.59 Å². The summed E-state index contributed by atoms with van der Waals surface area (Å²) in [4.78, 5) is 29.2. The number of primary amides is 1. The van der Waals surface area contributed by atoms with Gasteiger partial charge in [-0.25, -0.2) is 0 Å². The highest BCUT2D eigenvalue weighted by Gasteiger charge is 2.25. The molecule has 1 aliphatic heterocycles. The van der Waals surface area contributed by atoms with Crippen LogP contribution in [0.4, 0.5) is 5.69 Å². The molecule has 4 N–H and O–H groups in total. The molecular formula is C20H24N4O2. The van der Waals surface area contributed by atoms with Crippen LogP contribution < -0.4 is 16.0 Å². The Hall–Kier alpha value is -2.94. The van der Waals surface area contributed by atoms with Gasteiger partial charge in [-0.1, -0.05) is 5.92 Å². The highest BCUT2D eigenvalue weighted by Crippen LogP contribution is 2.34. The Morgan fingerprint density at radius 1 is 1.42 bits per heavy atom. The standard InChI is InChI=1S/C20H24N4O2/c1-4-6-17(25)23-14-7-5-10-24(11-14)16-9-8-15(20(21)26)19-18(16)12(2)13(3)22-19/h1,8-9,14,22H,5-7,10-11H2,2-3H3,(H2,21,26)(H,23,25)/t14-/m1/s1. The summed E-state index contributed by atoms with van der Waals surface area (Å²) in [6, 6.07) is 3.79. The maximum absolute atomic E-state index is 11.8. The number of carbonyl (C=O) groups excluding carboxylic acids is 2. The Kier molecular flexibility index (Phi) is 4.90. The number of carbonyl (C=O) groups is 2. The minimum atomic E-state index is -0.444. The topological polar surface area (TPSA) is 91.2 Å². The molecule has 1 saturated heterocycles. The van der Waals surface area contributed by atoms with E-state index in [4.69, 9.17) is 12.2 Å². The summed E-state index contributed by atoms with van der Waals surface area (Å²) in [6.45, 7) is 5.64. The number of fused-ring (bicyclic) bond motifs is 1. The van der Waals surface area contributed by atoms with Gasteiger partial charge in [-0.3, -0.25) is 9.59 Å². The number of amides is 2. The Bertz CT molecular complexity index is 907. The van der Waals surface area contributed by atoms with Gasteiger partial charge in [0, 0.05) is 35.9 Å². The van der Waals surface area contributed by atoms with Crippen LogP contribution in [-0.4, -0.2) is 35.9 Å². The summed E-state index contributed by atoms with van der Waals surface area (Å²) in [7, 11) is 0. The smallest absolute Gasteiger partial charge is 0.250 e. The van der Waals surface area contributed by atoms with Gasteiger partial charge in [-0.15, -0.1) is 6.42 Å². The maximum Gasteiger partial charge on any atom is 0.250 e. The number of nitrogens with two attached hydrogens (primary N) is 1. The summed E-state index contributed by atoms with van der Waals surface area (Å²) in [5.74, 6) is 1.82. The van der Waals surface area contributed by atoms with Crippen LogP contribution in [0.3, 0.4) is 0 Å². The molecule has 2 amide bonds. The number of hydrogen-bond donors (Lipinski definition) is 3. The maximum atomic E-state index is 11.8. The number of aryl methyl sites for hydroxylation is 2. The van der Waals surface area contributed by atoms with E-state index in [0.29, 0.717) is 12.1 Å². The summed E-state index contributed by atoms with van der Waals surface area (Å²) >= 11 is 0. The van der Waals surface area contributed by atoms with Gasteiger partial charge >= 0.3 is 0 Å². The zero-order valence-electron chi connectivity index (χ0n) is 15.2. The van der Waals surface area contributed by atoms with Crippen molar-refractivity contribution in [3.8, 4) is 12.3 Å². The van der Waals surface area contributed by atoms with Crippen LogP contribution >= 0.6 is 0 Å². The van der Waals surface area contributed by atoms with E-state index in [0.717, 1.165) is 47.2 Å². The van der Waals surface area contributed by atoms with Crippen LogP contribution in [0, 0.1) is 26.2 Å². The highest BCUT2D eigenvalue weighted by atomic mass is 16.2. The molecule has 1 aromatic carbocycles. The van der Waals surface area contributed by atoms with Crippen LogP contribution in [-0.2, 0) is 4.79 Å². The molecule has 1 aromatic heterocycles. The third-order valence-electron chi connectivity index (χ3n) is 5.09. The first-order chi connectivity index (χ1) is 12.4. The zero-order chi connectivity index (χ0) is 18.8. The van der Waals surface area contributed by atoms with Crippen LogP contribution in [0.2, 0.25) is 0 Å². The van der Waals surface area contributed by atoms with Crippen molar-refractivity contribution in [3.63, 3.8) is 0 Å². The average Bonchev–Trinajstić information content (AvgIpc) is 2.89. The summed E-state index contributed by atoms with van der Waals surface area (Å²) in [5, 5.41) is 4.03. The fraction of sp³-hybridized carbons (Fsp3) is 0.400. The van der Waals surface area contributed by atoms with E-state index in [1.165, 1.54) is 0 Å². The van der Waals surface area contributed by atoms with Crippen molar-refractivity contribution in [2.75, 3.05) is 18.0 Å². The third-order valence-corrected chi connectivity index (χ3v) is 5.09. The first-order valence-electron chi connectivity index (χ1n) is 8.81. The summed E-state index contributed by atoms with van der Waals surface area (Å²) in [6.07, 6.45) is 7.22. The van der Waals surface area contributed by atoms with Gasteiger partial charge in [0.1, 0.15) is 0 Å². The van der Waals surface area contributed by atoms with E-state index >= 15 is 0 Å². The highest BCUT2D eigenvalue weighted by molar-refractivity contribution is 6.10. The van der Waals surface area contributed by atoms with Crippen LogP contribution in [0.5, 0.6) is 0 Å². The number of aromatic amines is 1. The molecular weight excluding hydrogens is 328 g/mol. The first-order valence-corrected chi connectivity index (χ1v) is 8.81. The van der Waals surface area contributed by atoms with Crippen LogP contribution in [0.25, 0.3) is 10.9 Å². The third kappa shape index (κ3) is 3.25. The molecule has 0 spiro atoms. The van der Waals surface area contributed by atoms with Crippen LogP contribution in [0.1, 0.15) is 40.9 Å². The lowest BCUT2D eigenvalue weighted by atomic mass is 10.0. The molecule has 1 atom stereocenters. The number of aromatic nitrogens is 1. The van der Waals surface area contributed by atoms with Crippen molar-refractivity contribution >= 4 is 28.4 Å². The lowest BCUT2D eigenvalue weighted by Gasteiger charge is -2.35. The number of H-pyrrole nitrogens is 1. The minimum absolute atomic E-state index is 0.0656. The van der Waals surface area contributed by atoms with Gasteiger partial charge in [0.05, 0.1) is 17.5 Å². The predicted molar refractivity (Wildman–Crippen MR) is 103 cm³/mol. The van der Waals surface area contributed by atoms with Crippen molar-refractivity contribution in [1.29, 1.82) is 0 Å². The lowest BCUT2D eigenvalue weighted by Crippen LogP contribution is -2.47. The minimum Gasteiger partial charge on any atom is -0.369 e. The van der Waals surface area contributed by atoms with Gasteiger partial charge in [0.25, 0.3) is 5.91 Å². The molecule has 0 aliphatic carbocycles. The Morgan fingerprint density at radius 2 is 2.19 bits per heavy atom. The molecule has 0 saturated carbocycles. The SMILES string of the molecule is C#CCC(=O)N[C@@H]1CCCN(c2ccc(C(N)=O)c3[nH]c(C)c(C)c23)C1. The van der Waals surface area contributed by atoms with Gasteiger partial charge in [-0.2, -0.15) is 0 Å². The van der Waals surface area contributed by atoms with Crippen molar-refractivity contribution < 1.29 is 9.59 Å². The second kappa shape index (κ2) is 7.12. The average molecular weight is 352 g/mol. The van der Waals surface area contributed by atoms with E-state index in [1.807, 2.05) is 19.9 Å². The lowest BCUT2D eigenvalue weighted by molar-refractivity contribution is -0.120. The van der Waals surface area contributed by atoms with Gasteiger partial charge in [0.15, 0.2) is 0 Å². The largest absolute Gasteiger partial charge is 0.369 e. The normalized spacial score (nSPS) is 17.1. The molecule has 0 radical (unpaired) electrons. The summed E-state index contributed by atoms with van der Waals surface area (Å²) in [5.41, 5.74) is 10.00. The number of nitrogens with zero attached hydrogens (tertiary/aromatic N) is 1. The number of hydrogen-bond acceptors (Lipinski definition) is 3. The molecule has 6 nitrogen and oxygen atoms in total. The van der Waals surface area contributed by atoms with Crippen molar-refractivity contribution in [3.05, 3.63) is 29.0 Å². The van der Waals surface area contributed by atoms with E-state index in [2.05, 4.69) is 21.1 Å². The first kappa shape index (κ1) is 17.9. The number of anilines is 1. The van der Waals surface area contributed by atoms with Crippen molar-refractivity contribution in [2.24, 2.45) is 5.73 Å². The quantitative estimate of drug-likeness (QED) is 0.735. The number of terminal acetylenes is 1. The van der Waals surface area contributed by atoms with Gasteiger partial charge in [0.2, 0.25) is 5.91 Å². The monoisotopic (exact) mass is 352 g/mol. The molecule has 1 aliphatic rings. The van der Waals surface area contributed by atoms with Gasteiger partial charge in [-0.05, 0) is 44.4 Å². The fourth-order valence-corrected chi connectivity index (χ4v) is 3.72. The molecule has 26 heavy (non-hydrogen) atoms. The molecule has 0 bridgehead atoms. The van der Waals surface area contributed by atoms with Crippen molar-refractivity contribution in [2.45, 2.75) is 39.2 Å². The molecule has 6 heteroatoms. The van der Waals surface area contributed by atoms with Crippen LogP contribution in [0.15, 0.2) is 12.1 Å². The van der Waals surface area contributed by atoms with E-state index in [-0.39, 0.29) is 18.4 Å². The zero-order valence-corrected chi connectivity index (χ0v) is 15.2. The molecule has 2 aromatic rings. The number of benzene rings is 1. The molecule has 0 unspecified atom stereocenters. The Labute approximate surface area is 153 Å². The Balaban J connectivity index is 1.95. The number of nitrogens with one attached hydrogen (secondary N) is 2. The van der Waals surface area contributed by atoms with Gasteiger partial charge < -0.3 is 20.9 Å².